The second-order valence-electron chi connectivity index (χ2n) is 4.99. The van der Waals surface area contributed by atoms with Gasteiger partial charge in [0.05, 0.1) is 0 Å². The first kappa shape index (κ1) is 20.0. The first-order valence-corrected chi connectivity index (χ1v) is 12.9. The predicted octanol–water partition coefficient (Wildman–Crippen LogP) is 1.39. The summed E-state index contributed by atoms with van der Waals surface area (Å²) >= 11 is -0.192. The molecule has 0 fully saturated rings. The van der Waals surface area contributed by atoms with Crippen molar-refractivity contribution in [1.82, 2.24) is 0 Å². The first-order chi connectivity index (χ1) is 12.0. The summed E-state index contributed by atoms with van der Waals surface area (Å²) in [5.74, 6) is -0.0468. The monoisotopic (exact) mass is 445 g/mol. The molecule has 25 heavy (non-hydrogen) atoms. The average molecular weight is 444 g/mol. The molecule has 0 saturated carbocycles. The van der Waals surface area contributed by atoms with E-state index >= 15 is 0 Å². The molecule has 0 aliphatic rings. The maximum absolute atomic E-state index is 12.8. The van der Waals surface area contributed by atoms with Crippen LogP contribution in [0.1, 0.15) is 6.92 Å². The van der Waals surface area contributed by atoms with Crippen LogP contribution in [0.25, 0.3) is 0 Å². The van der Waals surface area contributed by atoms with E-state index in [1.54, 1.807) is 55.5 Å². The van der Waals surface area contributed by atoms with Crippen LogP contribution >= 0.6 is 10.2 Å². The molecule has 0 aliphatic carbocycles. The molecule has 0 bridgehead atoms. The molecule has 134 valence electrons. The molecule has 8 heteroatoms. The van der Waals surface area contributed by atoms with Gasteiger partial charge in [-0.1, -0.05) is 0 Å². The van der Waals surface area contributed by atoms with Crippen molar-refractivity contribution in [3.05, 3.63) is 54.6 Å². The Bertz CT molecular complexity index is 812. The zero-order chi connectivity index (χ0) is 18.3. The van der Waals surface area contributed by atoms with E-state index in [4.69, 9.17) is 10.5 Å². The quantitative estimate of drug-likeness (QED) is 0.489. The number of esters is 1. The van der Waals surface area contributed by atoms with E-state index in [1.807, 2.05) is 6.07 Å². The van der Waals surface area contributed by atoms with Gasteiger partial charge in [-0.15, -0.1) is 0 Å². The van der Waals surface area contributed by atoms with Crippen LogP contribution in [-0.2, 0) is 19.4 Å². The predicted molar refractivity (Wildman–Crippen MR) is 101 cm³/mol. The van der Waals surface area contributed by atoms with Crippen LogP contribution < -0.4 is 10.2 Å². The fourth-order valence-corrected chi connectivity index (χ4v) is 8.48. The Labute approximate surface area is 157 Å². The number of benzene rings is 2. The number of rotatable bonds is 8. The first-order valence-electron chi connectivity index (χ1n) is 7.57. The van der Waals surface area contributed by atoms with Crippen molar-refractivity contribution in [2.45, 2.75) is 22.8 Å². The summed E-state index contributed by atoms with van der Waals surface area (Å²) in [6, 6.07) is 14.6. The third-order valence-corrected chi connectivity index (χ3v) is 9.57. The standard InChI is InChI=1S/C17H19NO4S2Se/c1-2-22-17(19)14(18)12-23-25-16-11-7-6-10-15(16)24(20,21)13-8-4-3-5-9-13/h3-11,14H,2,12,18H2,1H3/t14-/m0/s1. The molecular weight excluding hydrogens is 425 g/mol. The molecule has 0 aliphatic heterocycles. The molecule has 0 heterocycles. The molecule has 0 radical (unpaired) electrons. The summed E-state index contributed by atoms with van der Waals surface area (Å²) in [6.45, 7) is 2.02. The van der Waals surface area contributed by atoms with Crippen molar-refractivity contribution in [3.8, 4) is 0 Å². The van der Waals surface area contributed by atoms with Crippen molar-refractivity contribution < 1.29 is 17.9 Å². The van der Waals surface area contributed by atoms with Crippen LogP contribution in [0.4, 0.5) is 0 Å². The van der Waals surface area contributed by atoms with E-state index < -0.39 is 21.8 Å². The van der Waals surface area contributed by atoms with Crippen LogP contribution in [0, 0.1) is 0 Å². The fourth-order valence-electron chi connectivity index (χ4n) is 1.96. The number of ether oxygens (including phenoxy) is 1. The van der Waals surface area contributed by atoms with E-state index in [2.05, 4.69) is 0 Å². The average Bonchev–Trinajstić information content (AvgIpc) is 2.63. The van der Waals surface area contributed by atoms with Gasteiger partial charge in [0.2, 0.25) is 0 Å². The molecule has 0 spiro atoms. The number of sulfone groups is 1. The summed E-state index contributed by atoms with van der Waals surface area (Å²) in [6.07, 6.45) is 0. The van der Waals surface area contributed by atoms with Gasteiger partial charge in [-0.2, -0.15) is 0 Å². The van der Waals surface area contributed by atoms with Crippen LogP contribution in [0.2, 0.25) is 0 Å². The summed E-state index contributed by atoms with van der Waals surface area (Å²) in [7, 11) is -2.10. The third kappa shape index (κ3) is 5.33. The molecule has 2 N–H and O–H groups in total. The Balaban J connectivity index is 2.13. The van der Waals surface area contributed by atoms with Crippen molar-refractivity contribution in [2.75, 3.05) is 12.4 Å². The molecule has 5 nitrogen and oxygen atoms in total. The number of nitrogens with two attached hydrogens (primary N) is 1. The Kier molecular flexibility index (Phi) is 7.53. The van der Waals surface area contributed by atoms with Crippen molar-refractivity contribution >= 4 is 44.3 Å². The summed E-state index contributed by atoms with van der Waals surface area (Å²) in [5.41, 5.74) is 5.78. The van der Waals surface area contributed by atoms with Gasteiger partial charge >= 0.3 is 158 Å². The second kappa shape index (κ2) is 9.40. The van der Waals surface area contributed by atoms with Crippen LogP contribution in [-0.4, -0.2) is 46.6 Å². The number of carbonyl (C=O) groups excluding carboxylic acids is 1. The molecule has 0 saturated heterocycles. The minimum atomic E-state index is -3.57. The van der Waals surface area contributed by atoms with Gasteiger partial charge < -0.3 is 0 Å². The van der Waals surface area contributed by atoms with Gasteiger partial charge in [-0.05, 0) is 0 Å². The van der Waals surface area contributed by atoms with Crippen molar-refractivity contribution in [1.29, 1.82) is 0 Å². The van der Waals surface area contributed by atoms with E-state index in [0.717, 1.165) is 4.46 Å². The van der Waals surface area contributed by atoms with E-state index in [1.165, 1.54) is 10.2 Å². The topological polar surface area (TPSA) is 86.5 Å². The number of carbonyl (C=O) groups is 1. The summed E-state index contributed by atoms with van der Waals surface area (Å²) < 4.78 is 31.3. The second-order valence-corrected chi connectivity index (χ2v) is 11.1. The number of hydrogen-bond donors (Lipinski definition) is 1. The molecule has 1 atom stereocenters. The van der Waals surface area contributed by atoms with Gasteiger partial charge in [0.15, 0.2) is 0 Å². The van der Waals surface area contributed by atoms with E-state index in [9.17, 15) is 13.2 Å². The van der Waals surface area contributed by atoms with E-state index in [-0.39, 0.29) is 18.7 Å². The molecule has 0 unspecified atom stereocenters. The number of hydrogen-bond acceptors (Lipinski definition) is 6. The van der Waals surface area contributed by atoms with Crippen LogP contribution in [0.5, 0.6) is 0 Å². The summed E-state index contributed by atoms with van der Waals surface area (Å²) in [4.78, 5) is 12.1. The Morgan fingerprint density at radius 3 is 2.48 bits per heavy atom. The molecule has 2 aromatic rings. The van der Waals surface area contributed by atoms with Gasteiger partial charge in [0.1, 0.15) is 0 Å². The van der Waals surface area contributed by atoms with E-state index in [0.29, 0.717) is 17.3 Å². The van der Waals surface area contributed by atoms with Crippen molar-refractivity contribution in [2.24, 2.45) is 5.73 Å². The fraction of sp³-hybridized carbons (Fsp3) is 0.235. The Morgan fingerprint density at radius 2 is 1.80 bits per heavy atom. The zero-order valence-electron chi connectivity index (χ0n) is 13.6. The molecule has 0 aromatic heterocycles. The zero-order valence-corrected chi connectivity index (χ0v) is 17.0. The van der Waals surface area contributed by atoms with Gasteiger partial charge in [0, 0.05) is 0 Å². The molecule has 2 aromatic carbocycles. The normalized spacial score (nSPS) is 12.6. The van der Waals surface area contributed by atoms with Crippen LogP contribution in [0.3, 0.4) is 0 Å². The van der Waals surface area contributed by atoms with Crippen molar-refractivity contribution in [3.63, 3.8) is 0 Å². The maximum atomic E-state index is 12.8. The third-order valence-electron chi connectivity index (χ3n) is 3.18. The van der Waals surface area contributed by atoms with Crippen LogP contribution in [0.15, 0.2) is 64.4 Å². The Morgan fingerprint density at radius 1 is 1.16 bits per heavy atom. The van der Waals surface area contributed by atoms with Gasteiger partial charge in [-0.25, -0.2) is 0 Å². The summed E-state index contributed by atoms with van der Waals surface area (Å²) in [5, 5.41) is 0. The molecular formula is C17H19NO4S2Se. The molecule has 2 rings (SSSR count). The van der Waals surface area contributed by atoms with Gasteiger partial charge in [0.25, 0.3) is 0 Å². The Hall–Kier alpha value is -1.31. The SMILES string of the molecule is CCOC(=O)[C@@H](N)CS[Se]c1ccccc1S(=O)(=O)c1ccccc1. The molecule has 0 amide bonds. The minimum absolute atomic E-state index is 0.192. The van der Waals surface area contributed by atoms with Gasteiger partial charge in [-0.3, -0.25) is 0 Å².